The van der Waals surface area contributed by atoms with E-state index in [2.05, 4.69) is 15.6 Å². The van der Waals surface area contributed by atoms with Crippen molar-refractivity contribution in [3.8, 4) is 16.9 Å². The number of methoxy groups -OCH3 is 1. The summed E-state index contributed by atoms with van der Waals surface area (Å²) in [5, 5.41) is 5.95. The van der Waals surface area contributed by atoms with Crippen LogP contribution in [0.4, 0.5) is 4.39 Å². The number of carbonyl (C=O) groups is 2. The van der Waals surface area contributed by atoms with E-state index in [0.29, 0.717) is 36.4 Å². The molecule has 230 valence electrons. The number of hydrogen-bond donors (Lipinski definition) is 2. The highest BCUT2D eigenvalue weighted by Crippen LogP contribution is 2.42. The Morgan fingerprint density at radius 3 is 2.70 bits per heavy atom. The van der Waals surface area contributed by atoms with E-state index in [9.17, 15) is 14.4 Å². The van der Waals surface area contributed by atoms with Crippen LogP contribution < -0.4 is 20.9 Å². The van der Waals surface area contributed by atoms with Crippen molar-refractivity contribution in [2.75, 3.05) is 20.7 Å². The Hall–Kier alpha value is -4.57. The van der Waals surface area contributed by atoms with Gasteiger partial charge in [0.25, 0.3) is 11.5 Å². The summed E-state index contributed by atoms with van der Waals surface area (Å²) in [7, 11) is 4.99. The van der Waals surface area contributed by atoms with E-state index in [1.54, 1.807) is 7.05 Å². The third kappa shape index (κ3) is 6.35. The molecule has 2 heterocycles. The lowest BCUT2D eigenvalue weighted by molar-refractivity contribution is -0.119. The van der Waals surface area contributed by atoms with E-state index in [1.165, 1.54) is 30.3 Å². The molecule has 2 N–H and O–H groups in total. The number of aromatic nitrogens is 2. The van der Waals surface area contributed by atoms with E-state index < -0.39 is 22.9 Å². The van der Waals surface area contributed by atoms with Crippen molar-refractivity contribution in [3.63, 3.8) is 0 Å². The van der Waals surface area contributed by atoms with Crippen LogP contribution >= 0.6 is 0 Å². The molecule has 2 atom stereocenters. The molecule has 1 unspecified atom stereocenters. The SMILES string of the molecule is COc1cc(-c2cccc(C3=CC=C[C@H](NC(=O)c4cncn(C)c4=O)C3(C)C)c2)cc(F)c1CN(C)CC1CCC(=O)N1. The Bertz CT molecular complexity index is 1710. The van der Waals surface area contributed by atoms with Gasteiger partial charge in [-0.15, -0.1) is 0 Å². The van der Waals surface area contributed by atoms with Gasteiger partial charge >= 0.3 is 0 Å². The zero-order valence-electron chi connectivity index (χ0n) is 25.7. The minimum atomic E-state index is -0.535. The number of allylic oxidation sites excluding steroid dienone is 2. The third-order valence-electron chi connectivity index (χ3n) is 8.49. The van der Waals surface area contributed by atoms with Crippen molar-refractivity contribution in [2.45, 2.75) is 45.3 Å². The Morgan fingerprint density at radius 2 is 1.98 bits per heavy atom. The molecule has 2 amide bonds. The van der Waals surface area contributed by atoms with Crippen LogP contribution in [-0.4, -0.2) is 59.1 Å². The molecule has 1 aliphatic carbocycles. The summed E-state index contributed by atoms with van der Waals surface area (Å²) < 4.78 is 22.5. The Kier molecular flexibility index (Phi) is 8.82. The smallest absolute Gasteiger partial charge is 0.265 e. The average molecular weight is 600 g/mol. The molecule has 10 heteroatoms. The van der Waals surface area contributed by atoms with Gasteiger partial charge in [-0.2, -0.15) is 0 Å². The number of hydrogen-bond acceptors (Lipinski definition) is 6. The zero-order chi connectivity index (χ0) is 31.6. The Morgan fingerprint density at radius 1 is 1.20 bits per heavy atom. The summed E-state index contributed by atoms with van der Waals surface area (Å²) in [6, 6.07) is 10.9. The molecule has 9 nitrogen and oxygen atoms in total. The molecule has 1 saturated heterocycles. The second kappa shape index (κ2) is 12.6. The molecule has 0 spiro atoms. The summed E-state index contributed by atoms with van der Waals surface area (Å²) in [5.41, 5.74) is 2.90. The monoisotopic (exact) mass is 599 g/mol. The van der Waals surface area contributed by atoms with Gasteiger partial charge in [-0.05, 0) is 53.9 Å². The largest absolute Gasteiger partial charge is 0.496 e. The first-order chi connectivity index (χ1) is 21.0. The number of aryl methyl sites for hydroxylation is 1. The van der Waals surface area contributed by atoms with E-state index >= 15 is 4.39 Å². The summed E-state index contributed by atoms with van der Waals surface area (Å²) >= 11 is 0. The number of likely N-dealkylation sites (N-methyl/N-ethyl adjacent to an activating group) is 1. The molecular formula is C34H38FN5O4. The first-order valence-electron chi connectivity index (χ1n) is 14.6. The molecule has 5 rings (SSSR count). The number of nitrogens with one attached hydrogen (secondary N) is 2. The van der Waals surface area contributed by atoms with Crippen LogP contribution in [-0.2, 0) is 18.4 Å². The van der Waals surface area contributed by atoms with Crippen LogP contribution in [0.2, 0.25) is 0 Å². The Balaban J connectivity index is 1.37. The molecule has 2 aromatic carbocycles. The van der Waals surface area contributed by atoms with Gasteiger partial charge in [0.2, 0.25) is 5.91 Å². The number of nitrogens with zero attached hydrogens (tertiary/aromatic N) is 3. The maximum atomic E-state index is 15.6. The molecule has 1 aromatic heterocycles. The van der Waals surface area contributed by atoms with E-state index in [0.717, 1.165) is 23.1 Å². The number of rotatable bonds is 9. The fourth-order valence-corrected chi connectivity index (χ4v) is 5.97. The molecule has 1 fully saturated rings. The fourth-order valence-electron chi connectivity index (χ4n) is 5.97. The van der Waals surface area contributed by atoms with Gasteiger partial charge in [0.15, 0.2) is 0 Å². The first kappa shape index (κ1) is 30.9. The van der Waals surface area contributed by atoms with Crippen molar-refractivity contribution < 1.29 is 18.7 Å². The van der Waals surface area contributed by atoms with Crippen molar-refractivity contribution in [1.29, 1.82) is 0 Å². The maximum Gasteiger partial charge on any atom is 0.265 e. The summed E-state index contributed by atoms with van der Waals surface area (Å²) in [6.45, 7) is 5.03. The zero-order valence-corrected chi connectivity index (χ0v) is 25.7. The van der Waals surface area contributed by atoms with E-state index in [4.69, 9.17) is 4.74 Å². The van der Waals surface area contributed by atoms with Gasteiger partial charge < -0.3 is 19.9 Å². The van der Waals surface area contributed by atoms with Crippen LogP contribution in [0.5, 0.6) is 5.75 Å². The lowest BCUT2D eigenvalue weighted by atomic mass is 9.71. The molecule has 2 aliphatic rings. The number of ether oxygens (including phenoxy) is 1. The van der Waals surface area contributed by atoms with Gasteiger partial charge in [-0.1, -0.05) is 50.3 Å². The predicted octanol–water partition coefficient (Wildman–Crippen LogP) is 4.08. The van der Waals surface area contributed by atoms with Crippen LogP contribution in [0, 0.1) is 11.2 Å². The maximum absolute atomic E-state index is 15.6. The van der Waals surface area contributed by atoms with Crippen LogP contribution in [0.1, 0.15) is 48.2 Å². The van der Waals surface area contributed by atoms with Gasteiger partial charge in [-0.3, -0.25) is 19.3 Å². The van der Waals surface area contributed by atoms with Crippen LogP contribution in [0.25, 0.3) is 16.7 Å². The Labute approximate surface area is 256 Å². The topological polar surface area (TPSA) is 106 Å². The highest BCUT2D eigenvalue weighted by molar-refractivity contribution is 5.94. The quantitative estimate of drug-likeness (QED) is 0.384. The number of benzene rings is 2. The van der Waals surface area contributed by atoms with Gasteiger partial charge in [0.05, 0.1) is 19.5 Å². The average Bonchev–Trinajstić information content (AvgIpc) is 3.40. The van der Waals surface area contributed by atoms with Gasteiger partial charge in [0, 0.05) is 49.8 Å². The van der Waals surface area contributed by atoms with Gasteiger partial charge in [-0.25, -0.2) is 9.37 Å². The lowest BCUT2D eigenvalue weighted by Gasteiger charge is -2.38. The van der Waals surface area contributed by atoms with Crippen LogP contribution in [0.3, 0.4) is 0 Å². The molecule has 0 radical (unpaired) electrons. The van der Waals surface area contributed by atoms with Crippen molar-refractivity contribution >= 4 is 17.4 Å². The molecule has 0 bridgehead atoms. The summed E-state index contributed by atoms with van der Waals surface area (Å²) in [4.78, 5) is 43.1. The minimum absolute atomic E-state index is 0.0202. The number of carbonyl (C=O) groups excluding carboxylic acids is 2. The molecule has 1 aliphatic heterocycles. The second-order valence-electron chi connectivity index (χ2n) is 12.1. The highest BCUT2D eigenvalue weighted by Gasteiger charge is 2.36. The number of amides is 2. The summed E-state index contributed by atoms with van der Waals surface area (Å²) in [5.74, 6) is -0.342. The van der Waals surface area contributed by atoms with E-state index in [-0.39, 0.29) is 23.3 Å². The molecule has 3 aromatic rings. The predicted molar refractivity (Wildman–Crippen MR) is 168 cm³/mol. The molecular weight excluding hydrogens is 561 g/mol. The highest BCUT2D eigenvalue weighted by atomic mass is 19.1. The van der Waals surface area contributed by atoms with Crippen molar-refractivity contribution in [3.05, 3.63) is 100 Å². The third-order valence-corrected chi connectivity index (χ3v) is 8.49. The lowest BCUT2D eigenvalue weighted by Crippen LogP contribution is -2.46. The minimum Gasteiger partial charge on any atom is -0.496 e. The number of halogens is 1. The van der Waals surface area contributed by atoms with E-state index in [1.807, 2.05) is 74.4 Å². The molecule has 0 saturated carbocycles. The van der Waals surface area contributed by atoms with Crippen LogP contribution in [0.15, 0.2) is 71.9 Å². The first-order valence-corrected chi connectivity index (χ1v) is 14.6. The second-order valence-corrected chi connectivity index (χ2v) is 12.1. The van der Waals surface area contributed by atoms with Crippen molar-refractivity contribution in [2.24, 2.45) is 12.5 Å². The molecule has 44 heavy (non-hydrogen) atoms. The standard InChI is InChI=1S/C34H38FN5O4/c1-34(2)27(10-7-11-30(34)38-32(42)25-17-36-20-40(4)33(25)43)22-9-6-8-21(14-22)23-15-28(35)26(29(16-23)44-5)19-39(3)18-24-12-13-31(41)37-24/h6-11,14-17,20,24,30H,12-13,18-19H2,1-5H3,(H,37,41)(H,38,42)/t24?,30-/m0/s1. The normalized spacial score (nSPS) is 19.1. The summed E-state index contributed by atoms with van der Waals surface area (Å²) in [6.07, 6.45) is 9.76. The van der Waals surface area contributed by atoms with Gasteiger partial charge in [0.1, 0.15) is 17.1 Å². The van der Waals surface area contributed by atoms with Crippen molar-refractivity contribution in [1.82, 2.24) is 25.1 Å². The fraction of sp³-hybridized carbons (Fsp3) is 0.353.